The van der Waals surface area contributed by atoms with Gasteiger partial charge in [-0.05, 0) is 28.4 Å². The Bertz CT molecular complexity index is 605. The Morgan fingerprint density at radius 2 is 2.29 bits per heavy atom. The number of hydrogen-bond donors (Lipinski definition) is 1. The molecule has 1 aliphatic rings. The van der Waals surface area contributed by atoms with Gasteiger partial charge in [-0.2, -0.15) is 0 Å². The lowest BCUT2D eigenvalue weighted by Crippen LogP contribution is -2.56. The first kappa shape index (κ1) is 15.4. The van der Waals surface area contributed by atoms with Gasteiger partial charge in [0, 0.05) is 19.2 Å². The molecule has 1 N–H and O–H groups in total. The van der Waals surface area contributed by atoms with E-state index in [0.29, 0.717) is 19.5 Å². The molecule has 0 aliphatic carbocycles. The smallest absolute Gasteiger partial charge is 0.284 e. The van der Waals surface area contributed by atoms with E-state index in [9.17, 15) is 19.7 Å². The lowest BCUT2D eigenvalue weighted by molar-refractivity contribution is -0.385. The highest BCUT2D eigenvalue weighted by Gasteiger charge is 2.33. The summed E-state index contributed by atoms with van der Waals surface area (Å²) < 4.78 is 0.140. The van der Waals surface area contributed by atoms with Crippen molar-refractivity contribution < 1.29 is 14.5 Å². The molecular formula is C13H14BrN3O4. The number of hydrogen-bond acceptors (Lipinski definition) is 4. The normalized spacial score (nSPS) is 18.3. The fourth-order valence-corrected chi connectivity index (χ4v) is 2.92. The lowest BCUT2D eigenvalue weighted by Gasteiger charge is -2.34. The summed E-state index contributed by atoms with van der Waals surface area (Å²) in [6.07, 6.45) is 0.490. The summed E-state index contributed by atoms with van der Waals surface area (Å²) in [4.78, 5) is 36.2. The van der Waals surface area contributed by atoms with Crippen LogP contribution in [0.25, 0.3) is 0 Å². The van der Waals surface area contributed by atoms with Crippen LogP contribution in [0.5, 0.6) is 0 Å². The van der Waals surface area contributed by atoms with Gasteiger partial charge in [-0.25, -0.2) is 0 Å². The number of rotatable bonds is 3. The predicted octanol–water partition coefficient (Wildman–Crippen LogP) is 1.71. The molecule has 21 heavy (non-hydrogen) atoms. The number of piperazine rings is 1. The molecule has 0 saturated carbocycles. The van der Waals surface area contributed by atoms with Crippen molar-refractivity contribution in [3.05, 3.63) is 38.3 Å². The molecule has 8 heteroatoms. The van der Waals surface area contributed by atoms with Crippen molar-refractivity contribution in [2.75, 3.05) is 13.1 Å². The number of nitro groups is 1. The van der Waals surface area contributed by atoms with Crippen LogP contribution in [-0.4, -0.2) is 40.8 Å². The van der Waals surface area contributed by atoms with Gasteiger partial charge in [0.2, 0.25) is 5.91 Å². The van der Waals surface area contributed by atoms with E-state index >= 15 is 0 Å². The first-order valence-electron chi connectivity index (χ1n) is 6.49. The Morgan fingerprint density at radius 1 is 1.57 bits per heavy atom. The Morgan fingerprint density at radius 3 is 2.90 bits per heavy atom. The number of halogens is 1. The second-order valence-electron chi connectivity index (χ2n) is 4.61. The second-order valence-corrected chi connectivity index (χ2v) is 5.40. The van der Waals surface area contributed by atoms with Crippen LogP contribution in [0, 0.1) is 10.1 Å². The number of nitrogens with zero attached hydrogens (tertiary/aromatic N) is 2. The minimum Gasteiger partial charge on any atom is -0.353 e. The van der Waals surface area contributed by atoms with Crippen LogP contribution in [0.3, 0.4) is 0 Å². The predicted molar refractivity (Wildman–Crippen MR) is 78.9 cm³/mol. The van der Waals surface area contributed by atoms with E-state index in [4.69, 9.17) is 0 Å². The number of carbonyl (C=O) groups is 2. The van der Waals surface area contributed by atoms with Gasteiger partial charge in [0.1, 0.15) is 10.5 Å². The summed E-state index contributed by atoms with van der Waals surface area (Å²) in [5, 5.41) is 13.6. The van der Waals surface area contributed by atoms with Gasteiger partial charge >= 0.3 is 0 Å². The third kappa shape index (κ3) is 2.90. The first-order valence-corrected chi connectivity index (χ1v) is 7.28. The van der Waals surface area contributed by atoms with Crippen molar-refractivity contribution in [1.82, 2.24) is 10.2 Å². The number of nitro benzene ring substituents is 1. The van der Waals surface area contributed by atoms with Gasteiger partial charge in [-0.3, -0.25) is 19.7 Å². The summed E-state index contributed by atoms with van der Waals surface area (Å²) in [6, 6.07) is 3.75. The molecule has 1 unspecified atom stereocenters. The van der Waals surface area contributed by atoms with Crippen molar-refractivity contribution in [3.8, 4) is 0 Å². The molecule has 0 bridgehead atoms. The third-order valence-corrected chi connectivity index (χ3v) is 4.22. The Labute approximate surface area is 129 Å². The first-order chi connectivity index (χ1) is 9.97. The van der Waals surface area contributed by atoms with Crippen LogP contribution in [0.1, 0.15) is 23.7 Å². The molecule has 2 rings (SSSR count). The van der Waals surface area contributed by atoms with E-state index in [1.807, 2.05) is 6.92 Å². The summed E-state index contributed by atoms with van der Waals surface area (Å²) in [5.41, 5.74) is 0.0210. The van der Waals surface area contributed by atoms with Crippen LogP contribution in [0.4, 0.5) is 5.69 Å². The minimum absolute atomic E-state index is 0.140. The Kier molecular flexibility index (Phi) is 4.56. The average molecular weight is 356 g/mol. The zero-order chi connectivity index (χ0) is 15.6. The number of nitrogens with one attached hydrogen (secondary N) is 1. The van der Waals surface area contributed by atoms with Gasteiger partial charge in [0.05, 0.1) is 10.5 Å². The molecule has 1 aromatic rings. The Hall–Kier alpha value is -1.96. The van der Waals surface area contributed by atoms with E-state index < -0.39 is 11.0 Å². The quantitative estimate of drug-likeness (QED) is 0.659. The summed E-state index contributed by atoms with van der Waals surface area (Å²) >= 11 is 3.12. The molecule has 0 spiro atoms. The molecule has 1 atom stereocenters. The van der Waals surface area contributed by atoms with Crippen molar-refractivity contribution in [2.24, 2.45) is 0 Å². The van der Waals surface area contributed by atoms with Gasteiger partial charge in [0.25, 0.3) is 11.6 Å². The topological polar surface area (TPSA) is 92.6 Å². The molecule has 2 amide bonds. The van der Waals surface area contributed by atoms with Crippen LogP contribution in [-0.2, 0) is 4.79 Å². The highest BCUT2D eigenvalue weighted by atomic mass is 79.9. The van der Waals surface area contributed by atoms with E-state index in [0.717, 1.165) is 0 Å². The van der Waals surface area contributed by atoms with Gasteiger partial charge in [0.15, 0.2) is 0 Å². The molecular weight excluding hydrogens is 342 g/mol. The highest BCUT2D eigenvalue weighted by Crippen LogP contribution is 2.29. The number of amides is 2. The second kappa shape index (κ2) is 6.21. The largest absolute Gasteiger partial charge is 0.353 e. The number of carbonyl (C=O) groups excluding carboxylic acids is 2. The standard InChI is InChI=1S/C13H14BrN3O4/c1-2-9-12(18)15-6-7-16(9)13(19)8-4-3-5-10(11(8)14)17(20)21/h3-5,9H,2,6-7H2,1H3,(H,15,18). The maximum Gasteiger partial charge on any atom is 0.284 e. The van der Waals surface area contributed by atoms with Crippen molar-refractivity contribution in [1.29, 1.82) is 0 Å². The maximum absolute atomic E-state index is 12.6. The van der Waals surface area contributed by atoms with Crippen molar-refractivity contribution in [2.45, 2.75) is 19.4 Å². The monoisotopic (exact) mass is 355 g/mol. The molecule has 0 aromatic heterocycles. The van der Waals surface area contributed by atoms with Crippen molar-refractivity contribution in [3.63, 3.8) is 0 Å². The molecule has 1 saturated heterocycles. The van der Waals surface area contributed by atoms with Gasteiger partial charge in [-0.1, -0.05) is 13.0 Å². The average Bonchev–Trinajstić information content (AvgIpc) is 2.46. The van der Waals surface area contributed by atoms with E-state index in [1.54, 1.807) is 0 Å². The SMILES string of the molecule is CCC1C(=O)NCCN1C(=O)c1cccc([N+](=O)[O-])c1Br. The molecule has 0 radical (unpaired) electrons. The highest BCUT2D eigenvalue weighted by molar-refractivity contribution is 9.10. The zero-order valence-corrected chi connectivity index (χ0v) is 12.9. The van der Waals surface area contributed by atoms with Gasteiger partial charge < -0.3 is 10.2 Å². The van der Waals surface area contributed by atoms with Crippen LogP contribution in [0.15, 0.2) is 22.7 Å². The maximum atomic E-state index is 12.6. The van der Waals surface area contributed by atoms with Crippen LogP contribution < -0.4 is 5.32 Å². The molecule has 7 nitrogen and oxygen atoms in total. The molecule has 1 aliphatic heterocycles. The summed E-state index contributed by atoms with van der Waals surface area (Å²) in [7, 11) is 0. The minimum atomic E-state index is -0.554. The fourth-order valence-electron chi connectivity index (χ4n) is 2.34. The number of benzene rings is 1. The fraction of sp³-hybridized carbons (Fsp3) is 0.385. The molecule has 112 valence electrons. The van der Waals surface area contributed by atoms with Gasteiger partial charge in [-0.15, -0.1) is 0 Å². The van der Waals surface area contributed by atoms with E-state index in [-0.39, 0.29) is 27.5 Å². The lowest BCUT2D eigenvalue weighted by atomic mass is 10.1. The Balaban J connectivity index is 2.37. The summed E-state index contributed by atoms with van der Waals surface area (Å²) in [6.45, 7) is 2.59. The van der Waals surface area contributed by atoms with E-state index in [2.05, 4.69) is 21.2 Å². The molecule has 1 aromatic carbocycles. The molecule has 1 fully saturated rings. The van der Waals surface area contributed by atoms with Crippen LogP contribution >= 0.6 is 15.9 Å². The van der Waals surface area contributed by atoms with Crippen molar-refractivity contribution >= 4 is 33.4 Å². The van der Waals surface area contributed by atoms with E-state index in [1.165, 1.54) is 23.1 Å². The third-order valence-electron chi connectivity index (χ3n) is 3.38. The van der Waals surface area contributed by atoms with Crippen LogP contribution in [0.2, 0.25) is 0 Å². The molecule has 1 heterocycles. The summed E-state index contributed by atoms with van der Waals surface area (Å²) in [5.74, 6) is -0.578. The zero-order valence-electron chi connectivity index (χ0n) is 11.3.